The van der Waals surface area contributed by atoms with E-state index in [1.165, 1.54) is 45.2 Å². The van der Waals surface area contributed by atoms with Crippen LogP contribution in [-0.2, 0) is 0 Å². The average Bonchev–Trinajstić information content (AvgIpc) is 2.96. The first-order chi connectivity index (χ1) is 9.28. The Hall–Kier alpha value is -0.160. The van der Waals surface area contributed by atoms with Crippen molar-refractivity contribution in [3.8, 4) is 0 Å². The first kappa shape index (κ1) is 13.8. The first-order valence-corrected chi connectivity index (χ1v) is 8.12. The van der Waals surface area contributed by atoms with Gasteiger partial charge in [0.15, 0.2) is 0 Å². The van der Waals surface area contributed by atoms with E-state index >= 15 is 0 Å². The van der Waals surface area contributed by atoms with Crippen LogP contribution in [0.25, 0.3) is 0 Å². The van der Waals surface area contributed by atoms with Gasteiger partial charge in [0.1, 0.15) is 0 Å². The van der Waals surface area contributed by atoms with E-state index in [2.05, 4.69) is 22.0 Å². The summed E-state index contributed by atoms with van der Waals surface area (Å²) in [5.41, 5.74) is 0. The van der Waals surface area contributed by atoms with Crippen LogP contribution in [0.2, 0.25) is 0 Å². The van der Waals surface area contributed by atoms with E-state index in [0.717, 1.165) is 25.2 Å². The van der Waals surface area contributed by atoms with Crippen LogP contribution in [0.5, 0.6) is 0 Å². The van der Waals surface area contributed by atoms with Crippen LogP contribution in [0.1, 0.15) is 39.0 Å². The molecule has 0 aromatic rings. The van der Waals surface area contributed by atoms with Crippen molar-refractivity contribution in [2.45, 2.75) is 63.2 Å². The first-order valence-electron chi connectivity index (χ1n) is 8.12. The quantitative estimate of drug-likeness (QED) is 0.741. The zero-order valence-corrected chi connectivity index (χ0v) is 12.2. The molecule has 3 aliphatic rings. The van der Waals surface area contributed by atoms with Crippen LogP contribution in [0.3, 0.4) is 0 Å². The SMILES string of the molecule is CC1CC(N(CCO)CC2CCCN2)CN1C1CC1. The standard InChI is InChI=1S/C15H29N3O/c1-12-9-15(11-18(12)14-4-5-14)17(7-8-19)10-13-3-2-6-16-13/h12-16,19H,2-11H2,1H3. The smallest absolute Gasteiger partial charge is 0.0558 e. The number of hydrogen-bond acceptors (Lipinski definition) is 4. The maximum absolute atomic E-state index is 9.35. The molecule has 2 saturated heterocycles. The Kier molecular flexibility index (Phi) is 4.42. The van der Waals surface area contributed by atoms with Gasteiger partial charge in [-0.1, -0.05) is 0 Å². The molecule has 0 aromatic heterocycles. The van der Waals surface area contributed by atoms with Crippen molar-refractivity contribution in [2.24, 2.45) is 0 Å². The molecule has 2 N–H and O–H groups in total. The van der Waals surface area contributed by atoms with Crippen molar-refractivity contribution in [2.75, 3.05) is 32.8 Å². The summed E-state index contributed by atoms with van der Waals surface area (Å²) in [4.78, 5) is 5.25. The van der Waals surface area contributed by atoms with E-state index in [4.69, 9.17) is 0 Å². The zero-order valence-electron chi connectivity index (χ0n) is 12.2. The lowest BCUT2D eigenvalue weighted by atomic mass is 10.1. The van der Waals surface area contributed by atoms with Gasteiger partial charge in [-0.2, -0.15) is 0 Å². The molecule has 0 amide bonds. The molecule has 2 aliphatic heterocycles. The van der Waals surface area contributed by atoms with Gasteiger partial charge in [-0.25, -0.2) is 0 Å². The highest BCUT2D eigenvalue weighted by atomic mass is 16.3. The maximum atomic E-state index is 9.35. The fourth-order valence-corrected chi connectivity index (χ4v) is 3.95. The summed E-state index contributed by atoms with van der Waals surface area (Å²) in [6.07, 6.45) is 6.70. The fraction of sp³-hybridized carbons (Fsp3) is 1.00. The molecular formula is C15H29N3O. The maximum Gasteiger partial charge on any atom is 0.0558 e. The van der Waals surface area contributed by atoms with Gasteiger partial charge >= 0.3 is 0 Å². The van der Waals surface area contributed by atoms with Crippen molar-refractivity contribution in [1.82, 2.24) is 15.1 Å². The van der Waals surface area contributed by atoms with Crippen molar-refractivity contribution < 1.29 is 5.11 Å². The van der Waals surface area contributed by atoms with Gasteiger partial charge in [-0.15, -0.1) is 0 Å². The molecule has 4 nitrogen and oxygen atoms in total. The number of nitrogens with zero attached hydrogens (tertiary/aromatic N) is 2. The third kappa shape index (κ3) is 3.30. The topological polar surface area (TPSA) is 38.7 Å². The van der Waals surface area contributed by atoms with Gasteiger partial charge in [-0.3, -0.25) is 9.80 Å². The van der Waals surface area contributed by atoms with Crippen molar-refractivity contribution in [3.63, 3.8) is 0 Å². The average molecular weight is 267 g/mol. The van der Waals surface area contributed by atoms with Crippen LogP contribution >= 0.6 is 0 Å². The zero-order chi connectivity index (χ0) is 13.2. The van der Waals surface area contributed by atoms with Gasteiger partial charge in [0.25, 0.3) is 0 Å². The number of nitrogens with one attached hydrogen (secondary N) is 1. The number of aliphatic hydroxyl groups is 1. The summed E-state index contributed by atoms with van der Waals surface area (Å²) < 4.78 is 0. The van der Waals surface area contributed by atoms with Crippen LogP contribution < -0.4 is 5.32 Å². The van der Waals surface area contributed by atoms with Gasteiger partial charge in [0, 0.05) is 43.8 Å². The highest BCUT2D eigenvalue weighted by Crippen LogP contribution is 2.34. The predicted octanol–water partition coefficient (Wildman–Crippen LogP) is 0.658. The van der Waals surface area contributed by atoms with Crippen molar-refractivity contribution in [3.05, 3.63) is 0 Å². The minimum absolute atomic E-state index is 0.293. The predicted molar refractivity (Wildman–Crippen MR) is 77.3 cm³/mol. The summed E-state index contributed by atoms with van der Waals surface area (Å²) in [6, 6.07) is 2.91. The lowest BCUT2D eigenvalue weighted by Crippen LogP contribution is -2.46. The van der Waals surface area contributed by atoms with Gasteiger partial charge < -0.3 is 10.4 Å². The lowest BCUT2D eigenvalue weighted by molar-refractivity contribution is 0.138. The van der Waals surface area contributed by atoms with Crippen LogP contribution in [0.15, 0.2) is 0 Å². The summed E-state index contributed by atoms with van der Waals surface area (Å²) >= 11 is 0. The Bertz CT molecular complexity index is 289. The van der Waals surface area contributed by atoms with E-state index in [9.17, 15) is 5.11 Å². The highest BCUT2D eigenvalue weighted by Gasteiger charge is 2.40. The molecule has 0 bridgehead atoms. The molecule has 2 heterocycles. The number of rotatable bonds is 6. The third-order valence-electron chi connectivity index (χ3n) is 5.14. The van der Waals surface area contributed by atoms with E-state index in [0.29, 0.717) is 18.7 Å². The molecule has 3 fully saturated rings. The monoisotopic (exact) mass is 267 g/mol. The summed E-state index contributed by atoms with van der Waals surface area (Å²) in [5.74, 6) is 0. The molecule has 4 heteroatoms. The van der Waals surface area contributed by atoms with E-state index < -0.39 is 0 Å². The number of likely N-dealkylation sites (tertiary alicyclic amines) is 1. The van der Waals surface area contributed by atoms with E-state index in [1.807, 2.05) is 0 Å². The van der Waals surface area contributed by atoms with Crippen LogP contribution in [0.4, 0.5) is 0 Å². The lowest BCUT2D eigenvalue weighted by Gasteiger charge is -2.30. The van der Waals surface area contributed by atoms with E-state index in [-0.39, 0.29) is 0 Å². The van der Waals surface area contributed by atoms with Crippen molar-refractivity contribution >= 4 is 0 Å². The molecule has 1 saturated carbocycles. The number of hydrogen-bond donors (Lipinski definition) is 2. The van der Waals surface area contributed by atoms with Crippen molar-refractivity contribution in [1.29, 1.82) is 0 Å². The van der Waals surface area contributed by atoms with Crippen LogP contribution in [0, 0.1) is 0 Å². The Morgan fingerprint density at radius 1 is 1.32 bits per heavy atom. The Morgan fingerprint density at radius 3 is 2.79 bits per heavy atom. The van der Waals surface area contributed by atoms with Gasteiger partial charge in [0.05, 0.1) is 6.61 Å². The summed E-state index contributed by atoms with van der Waals surface area (Å²) in [7, 11) is 0. The second-order valence-electron chi connectivity index (χ2n) is 6.68. The molecule has 3 unspecified atom stereocenters. The Morgan fingerprint density at radius 2 is 2.16 bits per heavy atom. The highest BCUT2D eigenvalue weighted by molar-refractivity contribution is 4.97. The minimum Gasteiger partial charge on any atom is -0.395 e. The Balaban J connectivity index is 1.56. The molecule has 1 aliphatic carbocycles. The molecule has 0 radical (unpaired) electrons. The third-order valence-corrected chi connectivity index (χ3v) is 5.14. The molecule has 0 aromatic carbocycles. The van der Waals surface area contributed by atoms with Crippen LogP contribution in [-0.4, -0.2) is 71.9 Å². The molecule has 3 atom stereocenters. The molecule has 3 rings (SSSR count). The second kappa shape index (κ2) is 6.08. The van der Waals surface area contributed by atoms with Gasteiger partial charge in [0.2, 0.25) is 0 Å². The second-order valence-corrected chi connectivity index (χ2v) is 6.68. The molecule has 0 spiro atoms. The van der Waals surface area contributed by atoms with Gasteiger partial charge in [-0.05, 0) is 45.6 Å². The summed E-state index contributed by atoms with van der Waals surface area (Å²) in [6.45, 7) is 7.03. The molecule has 19 heavy (non-hydrogen) atoms. The molecular weight excluding hydrogens is 238 g/mol. The fourth-order valence-electron chi connectivity index (χ4n) is 3.95. The molecule has 110 valence electrons. The minimum atomic E-state index is 0.293. The normalized spacial score (nSPS) is 36.5. The number of aliphatic hydroxyl groups excluding tert-OH is 1. The Labute approximate surface area is 117 Å². The van der Waals surface area contributed by atoms with E-state index in [1.54, 1.807) is 0 Å². The summed E-state index contributed by atoms with van der Waals surface area (Å²) in [5, 5.41) is 12.9. The largest absolute Gasteiger partial charge is 0.395 e.